The second-order valence-electron chi connectivity index (χ2n) is 11.2. The Balaban J connectivity index is 1.54. The van der Waals surface area contributed by atoms with Crippen LogP contribution in [0.1, 0.15) is 83.1 Å². The van der Waals surface area contributed by atoms with E-state index in [-0.39, 0.29) is 0 Å². The van der Waals surface area contributed by atoms with Gasteiger partial charge < -0.3 is 4.90 Å². The van der Waals surface area contributed by atoms with Gasteiger partial charge in [0.15, 0.2) is 0 Å². The minimum atomic E-state index is 0.440. The van der Waals surface area contributed by atoms with E-state index < -0.39 is 0 Å². The highest BCUT2D eigenvalue weighted by molar-refractivity contribution is 5.57. The van der Waals surface area contributed by atoms with Crippen molar-refractivity contribution in [3.05, 3.63) is 41.5 Å². The molecule has 1 nitrogen and oxygen atoms in total. The SMILES string of the molecule is CN(C)c1ccccc1C1CCC[C@@]2(C)C1=CC[C@H]1[C@@H]3CCC[C@@]3(C)CC[C@@H]12. The predicted molar refractivity (Wildman–Crippen MR) is 120 cm³/mol. The van der Waals surface area contributed by atoms with Gasteiger partial charge in [0.05, 0.1) is 0 Å². The molecule has 1 aromatic rings. The molecule has 4 aliphatic carbocycles. The fraction of sp³-hybridized carbons (Fsp3) is 0.704. The molecule has 4 aliphatic rings. The summed E-state index contributed by atoms with van der Waals surface area (Å²) < 4.78 is 0. The van der Waals surface area contributed by atoms with Crippen LogP contribution in [0, 0.1) is 28.6 Å². The molecule has 28 heavy (non-hydrogen) atoms. The molecule has 0 aliphatic heterocycles. The highest BCUT2D eigenvalue weighted by atomic mass is 15.1. The van der Waals surface area contributed by atoms with E-state index in [0.29, 0.717) is 16.7 Å². The van der Waals surface area contributed by atoms with Crippen LogP contribution in [0.15, 0.2) is 35.9 Å². The highest BCUT2D eigenvalue weighted by Gasteiger charge is 2.56. The normalized spacial score (nSPS) is 42.2. The van der Waals surface area contributed by atoms with Crippen LogP contribution < -0.4 is 4.90 Å². The number of nitrogens with zero attached hydrogens (tertiary/aromatic N) is 1. The molecule has 5 rings (SSSR count). The zero-order valence-corrected chi connectivity index (χ0v) is 18.5. The topological polar surface area (TPSA) is 3.24 Å². The smallest absolute Gasteiger partial charge is 0.0399 e. The Labute approximate surface area is 172 Å². The minimum Gasteiger partial charge on any atom is -0.377 e. The molecule has 0 saturated heterocycles. The first-order chi connectivity index (χ1) is 13.4. The highest BCUT2D eigenvalue weighted by Crippen LogP contribution is 2.66. The molecular weight excluding hydrogens is 338 g/mol. The van der Waals surface area contributed by atoms with Gasteiger partial charge in [0.1, 0.15) is 0 Å². The van der Waals surface area contributed by atoms with Gasteiger partial charge in [0, 0.05) is 25.7 Å². The number of fused-ring (bicyclic) bond motifs is 5. The molecule has 1 heteroatoms. The van der Waals surface area contributed by atoms with Gasteiger partial charge in [-0.3, -0.25) is 0 Å². The van der Waals surface area contributed by atoms with Crippen molar-refractivity contribution in [2.24, 2.45) is 28.6 Å². The molecule has 0 radical (unpaired) electrons. The van der Waals surface area contributed by atoms with Crippen LogP contribution in [0.2, 0.25) is 0 Å². The first-order valence-electron chi connectivity index (χ1n) is 11.9. The summed E-state index contributed by atoms with van der Waals surface area (Å²) >= 11 is 0. The van der Waals surface area contributed by atoms with Crippen LogP contribution in [-0.2, 0) is 0 Å². The summed E-state index contributed by atoms with van der Waals surface area (Å²) in [7, 11) is 4.41. The van der Waals surface area contributed by atoms with E-state index in [0.717, 1.165) is 17.8 Å². The standard InChI is InChI=1S/C27H39N/c1-26-16-8-11-22(26)21-13-14-23-19(20-9-5-6-12-25(20)28(3)4)10-7-17-27(23,2)24(21)15-18-26/h5-6,9,12,14,19,21-22,24H,7-8,10-11,13,15-18H2,1-4H3/t19?,21-,22-,24-,26-,27-/m0/s1. The Morgan fingerprint density at radius 1 is 0.893 bits per heavy atom. The maximum absolute atomic E-state index is 2.75. The molecule has 1 aromatic carbocycles. The van der Waals surface area contributed by atoms with Gasteiger partial charge in [-0.1, -0.05) is 56.5 Å². The summed E-state index contributed by atoms with van der Waals surface area (Å²) in [6.07, 6.45) is 15.7. The van der Waals surface area contributed by atoms with E-state index in [2.05, 4.69) is 63.2 Å². The van der Waals surface area contributed by atoms with E-state index in [1.807, 2.05) is 5.57 Å². The van der Waals surface area contributed by atoms with Crippen molar-refractivity contribution in [1.29, 1.82) is 0 Å². The Hall–Kier alpha value is -1.24. The van der Waals surface area contributed by atoms with Crippen LogP contribution >= 0.6 is 0 Å². The van der Waals surface area contributed by atoms with E-state index in [4.69, 9.17) is 0 Å². The van der Waals surface area contributed by atoms with Gasteiger partial charge in [-0.2, -0.15) is 0 Å². The molecule has 0 amide bonds. The van der Waals surface area contributed by atoms with E-state index in [1.54, 1.807) is 5.56 Å². The van der Waals surface area contributed by atoms with Crippen molar-refractivity contribution >= 4 is 5.69 Å². The summed E-state index contributed by atoms with van der Waals surface area (Å²) in [6.45, 7) is 5.29. The van der Waals surface area contributed by atoms with Crippen LogP contribution in [0.5, 0.6) is 0 Å². The Kier molecular flexibility index (Phi) is 4.45. The number of allylic oxidation sites excluding steroid dienone is 2. The van der Waals surface area contributed by atoms with Crippen molar-refractivity contribution in [2.75, 3.05) is 19.0 Å². The van der Waals surface area contributed by atoms with Crippen molar-refractivity contribution < 1.29 is 0 Å². The lowest BCUT2D eigenvalue weighted by atomic mass is 9.47. The fourth-order valence-electron chi connectivity index (χ4n) is 8.32. The lowest BCUT2D eigenvalue weighted by molar-refractivity contribution is -0.0267. The molecule has 152 valence electrons. The third kappa shape index (κ3) is 2.64. The fourth-order valence-corrected chi connectivity index (χ4v) is 8.32. The van der Waals surface area contributed by atoms with Gasteiger partial charge in [-0.15, -0.1) is 0 Å². The molecule has 0 heterocycles. The second-order valence-corrected chi connectivity index (χ2v) is 11.2. The van der Waals surface area contributed by atoms with E-state index in [9.17, 15) is 0 Å². The van der Waals surface area contributed by atoms with Crippen LogP contribution in [0.25, 0.3) is 0 Å². The zero-order valence-electron chi connectivity index (χ0n) is 18.5. The average Bonchev–Trinajstić information content (AvgIpc) is 3.09. The maximum Gasteiger partial charge on any atom is 0.0399 e. The lowest BCUT2D eigenvalue weighted by Crippen LogP contribution is -2.49. The molecule has 0 spiro atoms. The number of hydrogen-bond acceptors (Lipinski definition) is 1. The van der Waals surface area contributed by atoms with E-state index in [1.165, 1.54) is 63.5 Å². The summed E-state index contributed by atoms with van der Waals surface area (Å²) in [4.78, 5) is 2.32. The zero-order chi connectivity index (χ0) is 19.5. The summed E-state index contributed by atoms with van der Waals surface area (Å²) in [5.74, 6) is 3.52. The first-order valence-corrected chi connectivity index (χ1v) is 11.9. The average molecular weight is 378 g/mol. The molecule has 0 bridgehead atoms. The van der Waals surface area contributed by atoms with Gasteiger partial charge in [-0.05, 0) is 85.2 Å². The van der Waals surface area contributed by atoms with Crippen molar-refractivity contribution in [3.8, 4) is 0 Å². The molecule has 1 unspecified atom stereocenters. The second kappa shape index (κ2) is 6.64. The maximum atomic E-state index is 2.75. The van der Waals surface area contributed by atoms with Gasteiger partial charge in [0.25, 0.3) is 0 Å². The molecule has 0 N–H and O–H groups in total. The number of anilines is 1. The summed E-state index contributed by atoms with van der Waals surface area (Å²) in [5, 5.41) is 0. The summed E-state index contributed by atoms with van der Waals surface area (Å²) in [5.41, 5.74) is 5.91. The predicted octanol–water partition coefficient (Wildman–Crippen LogP) is 7.19. The monoisotopic (exact) mass is 377 g/mol. The third-order valence-electron chi connectivity index (χ3n) is 9.66. The number of benzene rings is 1. The molecule has 0 aromatic heterocycles. The van der Waals surface area contributed by atoms with Gasteiger partial charge in [-0.25, -0.2) is 0 Å². The number of rotatable bonds is 2. The Bertz CT molecular complexity index is 776. The number of hydrogen-bond donors (Lipinski definition) is 0. The van der Waals surface area contributed by atoms with Gasteiger partial charge in [0.2, 0.25) is 0 Å². The summed E-state index contributed by atoms with van der Waals surface area (Å²) in [6, 6.07) is 9.19. The van der Waals surface area contributed by atoms with Gasteiger partial charge >= 0.3 is 0 Å². The van der Waals surface area contributed by atoms with Crippen molar-refractivity contribution in [1.82, 2.24) is 0 Å². The number of para-hydroxylation sites is 1. The third-order valence-corrected chi connectivity index (χ3v) is 9.66. The molecular formula is C27H39N. The molecule has 3 saturated carbocycles. The first kappa shape index (κ1) is 18.8. The Morgan fingerprint density at radius 3 is 2.50 bits per heavy atom. The van der Waals surface area contributed by atoms with Crippen LogP contribution in [-0.4, -0.2) is 14.1 Å². The minimum absolute atomic E-state index is 0.440. The molecule has 6 atom stereocenters. The largest absolute Gasteiger partial charge is 0.377 e. The molecule has 3 fully saturated rings. The van der Waals surface area contributed by atoms with E-state index >= 15 is 0 Å². The van der Waals surface area contributed by atoms with Crippen LogP contribution in [0.3, 0.4) is 0 Å². The quantitative estimate of drug-likeness (QED) is 0.493. The van der Waals surface area contributed by atoms with Crippen molar-refractivity contribution in [2.45, 2.75) is 77.6 Å². The van der Waals surface area contributed by atoms with Crippen LogP contribution in [0.4, 0.5) is 5.69 Å². The lowest BCUT2D eigenvalue weighted by Gasteiger charge is -2.58. The Morgan fingerprint density at radius 2 is 1.68 bits per heavy atom. The van der Waals surface area contributed by atoms with Crippen molar-refractivity contribution in [3.63, 3.8) is 0 Å².